The molecule has 3 fully saturated rings. The summed E-state index contributed by atoms with van der Waals surface area (Å²) in [7, 11) is 0. The molecule has 1 aliphatic carbocycles. The summed E-state index contributed by atoms with van der Waals surface area (Å²) in [4.78, 5) is 14.5. The molecule has 0 aromatic heterocycles. The van der Waals surface area contributed by atoms with E-state index in [2.05, 4.69) is 12.2 Å². The predicted molar refractivity (Wildman–Crippen MR) is 94.2 cm³/mol. The van der Waals surface area contributed by atoms with Gasteiger partial charge in [-0.2, -0.15) is 0 Å². The van der Waals surface area contributed by atoms with Crippen LogP contribution >= 0.6 is 0 Å². The van der Waals surface area contributed by atoms with Gasteiger partial charge in [0.1, 0.15) is 5.60 Å². The first-order chi connectivity index (χ1) is 12.3. The molecule has 1 amide bonds. The van der Waals surface area contributed by atoms with Crippen LogP contribution in [0.5, 0.6) is 0 Å². The zero-order chi connectivity index (χ0) is 17.1. The van der Waals surface area contributed by atoms with Gasteiger partial charge in [-0.3, -0.25) is 4.79 Å². The molecule has 25 heavy (non-hydrogen) atoms. The lowest BCUT2D eigenvalue weighted by atomic mass is 9.78. The molecule has 0 saturated carbocycles. The Labute approximate surface area is 150 Å². The maximum absolute atomic E-state index is 12.5. The maximum atomic E-state index is 12.5. The number of hydrogen-bond acceptors (Lipinski definition) is 4. The van der Waals surface area contributed by atoms with Gasteiger partial charge in [0.25, 0.3) is 0 Å². The summed E-state index contributed by atoms with van der Waals surface area (Å²) in [5.41, 5.74) is -0.0796. The van der Waals surface area contributed by atoms with E-state index in [1.54, 1.807) is 0 Å². The summed E-state index contributed by atoms with van der Waals surface area (Å²) in [6.45, 7) is 5.84. The summed E-state index contributed by atoms with van der Waals surface area (Å²) in [6.07, 6.45) is 10.5. The molecule has 3 heterocycles. The number of rotatable bonds is 6. The third-order valence-electron chi connectivity index (χ3n) is 6.49. The number of ether oxygens (including phenoxy) is 3. The van der Waals surface area contributed by atoms with E-state index in [-0.39, 0.29) is 11.5 Å². The average molecular weight is 349 g/mol. The van der Waals surface area contributed by atoms with Crippen LogP contribution in [0.3, 0.4) is 0 Å². The second-order valence-corrected chi connectivity index (χ2v) is 8.15. The van der Waals surface area contributed by atoms with Crippen LogP contribution in [-0.4, -0.2) is 62.5 Å². The van der Waals surface area contributed by atoms with Crippen LogP contribution in [-0.2, 0) is 19.0 Å². The molecule has 0 aromatic rings. The van der Waals surface area contributed by atoms with Crippen LogP contribution in [0.25, 0.3) is 0 Å². The van der Waals surface area contributed by atoms with Crippen molar-refractivity contribution >= 4 is 5.91 Å². The highest BCUT2D eigenvalue weighted by molar-refractivity contribution is 5.80. The largest absolute Gasteiger partial charge is 0.381 e. The topological polar surface area (TPSA) is 48.0 Å². The van der Waals surface area contributed by atoms with Crippen molar-refractivity contribution in [1.29, 1.82) is 0 Å². The SMILES string of the molecule is O=C(C1CC=CC1)N1CC2(C1)OCC[C@H]2CCOCC1CCOCC1. The first kappa shape index (κ1) is 17.5. The van der Waals surface area contributed by atoms with Gasteiger partial charge in [0.15, 0.2) is 0 Å². The van der Waals surface area contributed by atoms with Crippen molar-refractivity contribution < 1.29 is 19.0 Å². The summed E-state index contributed by atoms with van der Waals surface area (Å²) < 4.78 is 17.4. The van der Waals surface area contributed by atoms with E-state index in [0.29, 0.717) is 17.7 Å². The molecular weight excluding hydrogens is 318 g/mol. The number of amides is 1. The Morgan fingerprint density at radius 1 is 1.12 bits per heavy atom. The summed E-state index contributed by atoms with van der Waals surface area (Å²) >= 11 is 0. The van der Waals surface area contributed by atoms with Gasteiger partial charge in [0.2, 0.25) is 5.91 Å². The molecule has 1 spiro atoms. The molecule has 4 aliphatic rings. The van der Waals surface area contributed by atoms with Crippen molar-refractivity contribution in [2.24, 2.45) is 17.8 Å². The molecule has 1 atom stereocenters. The van der Waals surface area contributed by atoms with Crippen molar-refractivity contribution in [1.82, 2.24) is 4.90 Å². The summed E-state index contributed by atoms with van der Waals surface area (Å²) in [6, 6.07) is 0. The number of carbonyl (C=O) groups is 1. The number of likely N-dealkylation sites (tertiary alicyclic amines) is 1. The Balaban J connectivity index is 1.18. The molecule has 4 rings (SSSR count). The van der Waals surface area contributed by atoms with Gasteiger partial charge in [-0.25, -0.2) is 0 Å². The van der Waals surface area contributed by atoms with Crippen molar-refractivity contribution in [3.8, 4) is 0 Å². The molecule has 5 nitrogen and oxygen atoms in total. The van der Waals surface area contributed by atoms with E-state index < -0.39 is 0 Å². The van der Waals surface area contributed by atoms with Gasteiger partial charge >= 0.3 is 0 Å². The highest BCUT2D eigenvalue weighted by Crippen LogP contribution is 2.42. The molecule has 0 bridgehead atoms. The third-order valence-corrected chi connectivity index (χ3v) is 6.49. The van der Waals surface area contributed by atoms with Crippen molar-refractivity contribution in [3.63, 3.8) is 0 Å². The minimum atomic E-state index is -0.0796. The minimum absolute atomic E-state index is 0.0796. The van der Waals surface area contributed by atoms with Crippen LogP contribution < -0.4 is 0 Å². The van der Waals surface area contributed by atoms with E-state index in [1.165, 1.54) is 0 Å². The zero-order valence-electron chi connectivity index (χ0n) is 15.2. The third kappa shape index (κ3) is 3.79. The maximum Gasteiger partial charge on any atom is 0.226 e. The molecule has 5 heteroatoms. The molecule has 0 radical (unpaired) electrons. The lowest BCUT2D eigenvalue weighted by molar-refractivity contribution is -0.169. The standard InChI is InChI=1S/C20H31NO4/c22-19(17-3-1-2-4-17)21-14-20(15-21)18(8-12-25-20)7-11-24-13-16-5-9-23-10-6-16/h1-2,16-18H,3-15H2/t18-/m1/s1. The smallest absolute Gasteiger partial charge is 0.226 e. The molecule has 3 aliphatic heterocycles. The molecule has 3 saturated heterocycles. The van der Waals surface area contributed by atoms with Crippen LogP contribution in [0.4, 0.5) is 0 Å². The van der Waals surface area contributed by atoms with E-state index in [0.717, 1.165) is 84.6 Å². The second kappa shape index (κ2) is 7.77. The lowest BCUT2D eigenvalue weighted by Crippen LogP contribution is -2.66. The average Bonchev–Trinajstić information content (AvgIpc) is 3.27. The molecular formula is C20H31NO4. The van der Waals surface area contributed by atoms with Crippen molar-refractivity contribution in [2.75, 3.05) is 46.1 Å². The Morgan fingerprint density at radius 3 is 2.64 bits per heavy atom. The van der Waals surface area contributed by atoms with Gasteiger partial charge in [0.05, 0.1) is 13.1 Å². The first-order valence-corrected chi connectivity index (χ1v) is 10.00. The van der Waals surface area contributed by atoms with Crippen molar-refractivity contribution in [3.05, 3.63) is 12.2 Å². The van der Waals surface area contributed by atoms with Gasteiger partial charge in [-0.1, -0.05) is 12.2 Å². The second-order valence-electron chi connectivity index (χ2n) is 8.15. The Bertz CT molecular complexity index is 486. The van der Waals surface area contributed by atoms with Crippen LogP contribution in [0.1, 0.15) is 38.5 Å². The summed E-state index contributed by atoms with van der Waals surface area (Å²) in [5.74, 6) is 1.70. The van der Waals surface area contributed by atoms with Gasteiger partial charge in [0, 0.05) is 39.0 Å². The lowest BCUT2D eigenvalue weighted by Gasteiger charge is -2.51. The summed E-state index contributed by atoms with van der Waals surface area (Å²) in [5, 5.41) is 0. The molecule has 0 unspecified atom stereocenters. The fourth-order valence-electron chi connectivity index (χ4n) is 4.76. The Kier molecular flexibility index (Phi) is 5.44. The number of allylic oxidation sites excluding steroid dienone is 2. The number of hydrogen-bond donors (Lipinski definition) is 0. The van der Waals surface area contributed by atoms with Gasteiger partial charge in [-0.15, -0.1) is 0 Å². The zero-order valence-corrected chi connectivity index (χ0v) is 15.2. The fraction of sp³-hybridized carbons (Fsp3) is 0.850. The van der Waals surface area contributed by atoms with Crippen LogP contribution in [0.2, 0.25) is 0 Å². The van der Waals surface area contributed by atoms with E-state index in [4.69, 9.17) is 14.2 Å². The molecule has 0 aromatic carbocycles. The Hall–Kier alpha value is -0.910. The highest BCUT2D eigenvalue weighted by atomic mass is 16.5. The van der Waals surface area contributed by atoms with Crippen LogP contribution in [0, 0.1) is 17.8 Å². The minimum Gasteiger partial charge on any atom is -0.381 e. The fourth-order valence-corrected chi connectivity index (χ4v) is 4.76. The monoisotopic (exact) mass is 349 g/mol. The number of carbonyl (C=O) groups excluding carboxylic acids is 1. The van der Waals surface area contributed by atoms with Gasteiger partial charge in [-0.05, 0) is 50.4 Å². The van der Waals surface area contributed by atoms with E-state index in [1.807, 2.05) is 4.90 Å². The highest BCUT2D eigenvalue weighted by Gasteiger charge is 2.54. The van der Waals surface area contributed by atoms with E-state index in [9.17, 15) is 4.79 Å². The van der Waals surface area contributed by atoms with Gasteiger partial charge < -0.3 is 19.1 Å². The van der Waals surface area contributed by atoms with E-state index >= 15 is 0 Å². The number of nitrogens with zero attached hydrogens (tertiary/aromatic N) is 1. The normalized spacial score (nSPS) is 29.4. The quantitative estimate of drug-likeness (QED) is 0.546. The first-order valence-electron chi connectivity index (χ1n) is 10.00. The molecule has 0 N–H and O–H groups in total. The van der Waals surface area contributed by atoms with Crippen LogP contribution in [0.15, 0.2) is 12.2 Å². The predicted octanol–water partition coefficient (Wildman–Crippen LogP) is 2.40. The van der Waals surface area contributed by atoms with Crippen molar-refractivity contribution in [2.45, 2.75) is 44.1 Å². The Morgan fingerprint density at radius 2 is 1.88 bits per heavy atom. The molecule has 140 valence electrons.